The van der Waals surface area contributed by atoms with E-state index in [1.807, 2.05) is 0 Å². The molecule has 10 heteroatoms. The van der Waals surface area contributed by atoms with E-state index in [0.717, 1.165) is 11.0 Å². The molecule has 0 saturated carbocycles. The molecule has 29 heavy (non-hydrogen) atoms. The van der Waals surface area contributed by atoms with Gasteiger partial charge in [0.15, 0.2) is 0 Å². The van der Waals surface area contributed by atoms with Crippen LogP contribution in [0.5, 0.6) is 0 Å². The third-order valence-electron chi connectivity index (χ3n) is 4.85. The fourth-order valence-corrected chi connectivity index (χ4v) is 3.23. The van der Waals surface area contributed by atoms with Crippen LogP contribution in [0.15, 0.2) is 48.8 Å². The van der Waals surface area contributed by atoms with Crippen LogP contribution in [0.25, 0.3) is 11.0 Å². The minimum atomic E-state index is -0.494. The Balaban J connectivity index is 1.34. The van der Waals surface area contributed by atoms with Gasteiger partial charge in [0.05, 0.1) is 22.3 Å². The van der Waals surface area contributed by atoms with Crippen molar-refractivity contribution in [1.29, 1.82) is 0 Å². The molecule has 1 aliphatic rings. The number of urea groups is 1. The number of amides is 3. The third kappa shape index (κ3) is 3.86. The smallest absolute Gasteiger partial charge is 0.321 e. The van der Waals surface area contributed by atoms with Gasteiger partial charge in [-0.15, -0.1) is 0 Å². The van der Waals surface area contributed by atoms with Gasteiger partial charge in [-0.25, -0.2) is 9.78 Å². The van der Waals surface area contributed by atoms with E-state index >= 15 is 0 Å². The summed E-state index contributed by atoms with van der Waals surface area (Å²) in [7, 11) is 0. The van der Waals surface area contributed by atoms with Crippen molar-refractivity contribution in [2.45, 2.75) is 0 Å². The second kappa shape index (κ2) is 7.58. The highest BCUT2D eigenvalue weighted by Gasteiger charge is 2.25. The van der Waals surface area contributed by atoms with Gasteiger partial charge >= 0.3 is 6.03 Å². The Kier molecular flexibility index (Phi) is 4.82. The number of H-pyrrole nitrogens is 1. The lowest BCUT2D eigenvalue weighted by Crippen LogP contribution is -2.51. The normalized spacial score (nSPS) is 14.1. The van der Waals surface area contributed by atoms with Crippen molar-refractivity contribution in [3.8, 4) is 0 Å². The number of piperazine rings is 1. The zero-order valence-electron chi connectivity index (χ0n) is 15.4. The number of aromatic nitrogens is 2. The predicted molar refractivity (Wildman–Crippen MR) is 106 cm³/mol. The number of nitrogens with one attached hydrogen (secondary N) is 2. The number of aromatic amines is 1. The van der Waals surface area contributed by atoms with Crippen molar-refractivity contribution < 1.29 is 14.5 Å². The Morgan fingerprint density at radius 3 is 2.41 bits per heavy atom. The SMILES string of the molecule is O=C(Nc1ccc([N+](=O)[O-])cc1)N1CCN(C(=O)c2ccc3nc[nH]c3c2)CC1. The maximum Gasteiger partial charge on any atom is 0.321 e. The predicted octanol–water partition coefficient (Wildman–Crippen LogP) is 2.46. The molecule has 0 aliphatic carbocycles. The standard InChI is InChI=1S/C19H18N6O4/c26-18(13-1-6-16-17(11-13)21-12-20-16)23-7-9-24(10-8-23)19(27)22-14-2-4-15(5-3-14)25(28)29/h1-6,11-12H,7-10H2,(H,20,21)(H,22,27). The van der Waals surface area contributed by atoms with Crippen molar-refractivity contribution in [3.05, 3.63) is 64.5 Å². The molecule has 2 aromatic carbocycles. The Morgan fingerprint density at radius 2 is 1.72 bits per heavy atom. The topological polar surface area (TPSA) is 124 Å². The van der Waals surface area contributed by atoms with Gasteiger partial charge in [-0.1, -0.05) is 0 Å². The molecule has 0 bridgehead atoms. The zero-order chi connectivity index (χ0) is 20.4. The second-order valence-corrected chi connectivity index (χ2v) is 6.65. The zero-order valence-corrected chi connectivity index (χ0v) is 15.4. The van der Waals surface area contributed by atoms with Crippen molar-refractivity contribution >= 4 is 34.3 Å². The highest BCUT2D eigenvalue weighted by Crippen LogP contribution is 2.17. The van der Waals surface area contributed by atoms with Crippen molar-refractivity contribution in [2.75, 3.05) is 31.5 Å². The van der Waals surface area contributed by atoms with Crippen LogP contribution in [-0.4, -0.2) is 62.8 Å². The molecule has 2 N–H and O–H groups in total. The van der Waals surface area contributed by atoms with E-state index in [0.29, 0.717) is 37.4 Å². The van der Waals surface area contributed by atoms with E-state index in [2.05, 4.69) is 15.3 Å². The van der Waals surface area contributed by atoms with Crippen LogP contribution in [0, 0.1) is 10.1 Å². The Bertz CT molecular complexity index is 1070. The van der Waals surface area contributed by atoms with Gasteiger partial charge in [-0.05, 0) is 30.3 Å². The van der Waals surface area contributed by atoms with Gasteiger partial charge in [0.1, 0.15) is 0 Å². The molecule has 0 radical (unpaired) electrons. The van der Waals surface area contributed by atoms with Crippen LogP contribution in [0.3, 0.4) is 0 Å². The van der Waals surface area contributed by atoms with Crippen LogP contribution in [0.1, 0.15) is 10.4 Å². The number of nitro benzene ring substituents is 1. The highest BCUT2D eigenvalue weighted by molar-refractivity contribution is 5.97. The molecule has 3 amide bonds. The van der Waals surface area contributed by atoms with Crippen LogP contribution in [0.4, 0.5) is 16.2 Å². The van der Waals surface area contributed by atoms with Crippen LogP contribution in [0.2, 0.25) is 0 Å². The lowest BCUT2D eigenvalue weighted by molar-refractivity contribution is -0.384. The van der Waals surface area contributed by atoms with Gasteiger partial charge in [0, 0.05) is 49.6 Å². The lowest BCUT2D eigenvalue weighted by Gasteiger charge is -2.34. The van der Waals surface area contributed by atoms with E-state index in [4.69, 9.17) is 0 Å². The number of rotatable bonds is 3. The van der Waals surface area contributed by atoms with Gasteiger partial charge < -0.3 is 20.1 Å². The third-order valence-corrected chi connectivity index (χ3v) is 4.85. The molecule has 3 aromatic rings. The molecule has 148 valence electrons. The number of fused-ring (bicyclic) bond motifs is 1. The summed E-state index contributed by atoms with van der Waals surface area (Å²) in [4.78, 5) is 45.8. The van der Waals surface area contributed by atoms with E-state index in [1.54, 1.807) is 34.3 Å². The quantitative estimate of drug-likeness (QED) is 0.521. The first kappa shape index (κ1) is 18.4. The lowest BCUT2D eigenvalue weighted by atomic mass is 10.1. The van der Waals surface area contributed by atoms with E-state index in [9.17, 15) is 19.7 Å². The molecule has 1 aliphatic heterocycles. The number of hydrogen-bond donors (Lipinski definition) is 2. The van der Waals surface area contributed by atoms with Crippen molar-refractivity contribution in [3.63, 3.8) is 0 Å². The number of hydrogen-bond acceptors (Lipinski definition) is 5. The van der Waals surface area contributed by atoms with Gasteiger partial charge in [0.2, 0.25) is 0 Å². The van der Waals surface area contributed by atoms with Gasteiger partial charge in [0.25, 0.3) is 11.6 Å². The molecule has 4 rings (SSSR count). The number of anilines is 1. The van der Waals surface area contributed by atoms with Crippen LogP contribution < -0.4 is 5.32 Å². The van der Waals surface area contributed by atoms with E-state index in [1.165, 1.54) is 24.3 Å². The summed E-state index contributed by atoms with van der Waals surface area (Å²) in [5.41, 5.74) is 2.62. The molecule has 10 nitrogen and oxygen atoms in total. The summed E-state index contributed by atoms with van der Waals surface area (Å²) in [5.74, 6) is -0.0862. The average molecular weight is 394 g/mol. The molecule has 1 saturated heterocycles. The number of non-ortho nitro benzene ring substituents is 1. The fraction of sp³-hybridized carbons (Fsp3) is 0.211. The van der Waals surface area contributed by atoms with Gasteiger partial charge in [-0.2, -0.15) is 0 Å². The van der Waals surface area contributed by atoms with Gasteiger partial charge in [-0.3, -0.25) is 14.9 Å². The number of nitro groups is 1. The Labute approximate surface area is 165 Å². The molecule has 2 heterocycles. The number of nitrogens with zero attached hydrogens (tertiary/aromatic N) is 4. The molecule has 0 atom stereocenters. The summed E-state index contributed by atoms with van der Waals surface area (Å²) in [6, 6.07) is 10.7. The van der Waals surface area contributed by atoms with Crippen LogP contribution in [-0.2, 0) is 0 Å². The molecule has 0 spiro atoms. The van der Waals surface area contributed by atoms with Crippen molar-refractivity contribution in [1.82, 2.24) is 19.8 Å². The summed E-state index contributed by atoms with van der Waals surface area (Å²) in [5, 5.41) is 13.4. The first-order valence-electron chi connectivity index (χ1n) is 9.04. The summed E-state index contributed by atoms with van der Waals surface area (Å²) in [6.45, 7) is 1.65. The number of benzene rings is 2. The maximum absolute atomic E-state index is 12.7. The molecular weight excluding hydrogens is 376 g/mol. The summed E-state index contributed by atoms with van der Waals surface area (Å²) in [6.07, 6.45) is 1.58. The first-order chi connectivity index (χ1) is 14.0. The Morgan fingerprint density at radius 1 is 1.03 bits per heavy atom. The van der Waals surface area contributed by atoms with Crippen LogP contribution >= 0.6 is 0 Å². The minimum absolute atomic E-state index is 0.0385. The first-order valence-corrected chi connectivity index (χ1v) is 9.04. The summed E-state index contributed by atoms with van der Waals surface area (Å²) >= 11 is 0. The Hall–Kier alpha value is -3.95. The fourth-order valence-electron chi connectivity index (χ4n) is 3.23. The average Bonchev–Trinajstić information content (AvgIpc) is 3.21. The largest absolute Gasteiger partial charge is 0.345 e. The highest BCUT2D eigenvalue weighted by atomic mass is 16.6. The van der Waals surface area contributed by atoms with E-state index < -0.39 is 4.92 Å². The second-order valence-electron chi connectivity index (χ2n) is 6.65. The number of imidazole rings is 1. The van der Waals surface area contributed by atoms with E-state index in [-0.39, 0.29) is 17.6 Å². The van der Waals surface area contributed by atoms with Crippen molar-refractivity contribution in [2.24, 2.45) is 0 Å². The monoisotopic (exact) mass is 394 g/mol. The summed E-state index contributed by atoms with van der Waals surface area (Å²) < 4.78 is 0. The maximum atomic E-state index is 12.7. The molecule has 1 fully saturated rings. The molecular formula is C19H18N6O4. The number of carbonyl (C=O) groups excluding carboxylic acids is 2. The number of carbonyl (C=O) groups is 2. The minimum Gasteiger partial charge on any atom is -0.345 e. The molecule has 0 unspecified atom stereocenters. The molecule has 1 aromatic heterocycles.